The third-order valence-corrected chi connectivity index (χ3v) is 4.90. The van der Waals surface area contributed by atoms with E-state index in [1.54, 1.807) is 0 Å². The number of anilines is 2. The second kappa shape index (κ2) is 9.35. The number of benzene rings is 1. The summed E-state index contributed by atoms with van der Waals surface area (Å²) in [7, 11) is 0. The highest BCUT2D eigenvalue weighted by atomic mass is 35.5. The largest absolute Gasteiger partial charge is 0.371 e. The van der Waals surface area contributed by atoms with Crippen molar-refractivity contribution in [2.45, 2.75) is 26.2 Å². The molecule has 0 saturated carbocycles. The molecular formula is C17H28Cl2N4O. The standard InChI is InChI=1S/C17H26N4O.2ClH/c1-13-15(5-4-6-16(13)20-8-2-3-9-20)19-17(22)21-10-7-14(11-18)12-21;;/h4-6,14H,2-3,7-12,18H2,1H3,(H,19,22);2*1H. The summed E-state index contributed by atoms with van der Waals surface area (Å²) in [5.41, 5.74) is 9.03. The number of rotatable bonds is 3. The Balaban J connectivity index is 0.00000144. The fourth-order valence-corrected chi connectivity index (χ4v) is 3.46. The lowest BCUT2D eigenvalue weighted by Crippen LogP contribution is -2.34. The van der Waals surface area contributed by atoms with Gasteiger partial charge in [0.2, 0.25) is 0 Å². The van der Waals surface area contributed by atoms with Crippen molar-refractivity contribution in [3.05, 3.63) is 23.8 Å². The van der Waals surface area contributed by atoms with Crippen molar-refractivity contribution in [1.82, 2.24) is 4.90 Å². The molecule has 3 rings (SSSR count). The number of likely N-dealkylation sites (tertiary alicyclic amines) is 1. The Morgan fingerprint density at radius 3 is 2.58 bits per heavy atom. The Kier molecular flexibility index (Phi) is 8.13. The van der Waals surface area contributed by atoms with Gasteiger partial charge in [-0.3, -0.25) is 0 Å². The first-order chi connectivity index (χ1) is 10.7. The molecule has 0 radical (unpaired) electrons. The van der Waals surface area contributed by atoms with Crippen LogP contribution in [0, 0.1) is 12.8 Å². The summed E-state index contributed by atoms with van der Waals surface area (Å²) in [5, 5.41) is 3.08. The first kappa shape index (κ1) is 20.9. The van der Waals surface area contributed by atoms with E-state index < -0.39 is 0 Å². The van der Waals surface area contributed by atoms with Crippen molar-refractivity contribution >= 4 is 42.2 Å². The van der Waals surface area contributed by atoms with Gasteiger partial charge in [-0.15, -0.1) is 24.8 Å². The van der Waals surface area contributed by atoms with Crippen LogP contribution in [0.15, 0.2) is 18.2 Å². The molecule has 2 fully saturated rings. The zero-order valence-electron chi connectivity index (χ0n) is 14.2. The fourth-order valence-electron chi connectivity index (χ4n) is 3.46. The highest BCUT2D eigenvalue weighted by Crippen LogP contribution is 2.29. The van der Waals surface area contributed by atoms with Crippen molar-refractivity contribution in [2.24, 2.45) is 11.7 Å². The first-order valence-corrected chi connectivity index (χ1v) is 8.29. The SMILES string of the molecule is Cc1c(NC(=O)N2CCC(CN)C2)cccc1N1CCCC1.Cl.Cl. The molecule has 2 aliphatic heterocycles. The number of carbonyl (C=O) groups is 1. The average molecular weight is 375 g/mol. The van der Waals surface area contributed by atoms with Crippen LogP contribution >= 0.6 is 24.8 Å². The molecule has 0 aromatic heterocycles. The van der Waals surface area contributed by atoms with Gasteiger partial charge >= 0.3 is 6.03 Å². The second-order valence-corrected chi connectivity index (χ2v) is 6.41. The summed E-state index contributed by atoms with van der Waals surface area (Å²) in [6, 6.07) is 6.17. The van der Waals surface area contributed by atoms with E-state index in [2.05, 4.69) is 23.2 Å². The molecule has 1 unspecified atom stereocenters. The number of nitrogens with two attached hydrogens (primary N) is 1. The molecule has 3 N–H and O–H groups in total. The van der Waals surface area contributed by atoms with Gasteiger partial charge in [0.25, 0.3) is 0 Å². The monoisotopic (exact) mass is 374 g/mol. The number of carbonyl (C=O) groups excluding carboxylic acids is 1. The summed E-state index contributed by atoms with van der Waals surface area (Å²) in [6.45, 7) is 6.56. The molecular weight excluding hydrogens is 347 g/mol. The van der Waals surface area contributed by atoms with E-state index >= 15 is 0 Å². The highest BCUT2D eigenvalue weighted by Gasteiger charge is 2.25. The van der Waals surface area contributed by atoms with E-state index in [1.165, 1.54) is 18.5 Å². The van der Waals surface area contributed by atoms with Crippen LogP contribution in [0.5, 0.6) is 0 Å². The van der Waals surface area contributed by atoms with Crippen molar-refractivity contribution in [1.29, 1.82) is 0 Å². The topological polar surface area (TPSA) is 61.6 Å². The molecule has 1 atom stereocenters. The van der Waals surface area contributed by atoms with Gasteiger partial charge in [-0.1, -0.05) is 6.07 Å². The lowest BCUT2D eigenvalue weighted by molar-refractivity contribution is 0.221. The quantitative estimate of drug-likeness (QED) is 0.853. The normalized spacial score (nSPS) is 19.7. The second-order valence-electron chi connectivity index (χ2n) is 6.41. The Hall–Kier alpha value is -1.17. The van der Waals surface area contributed by atoms with Crippen molar-refractivity contribution in [3.63, 3.8) is 0 Å². The van der Waals surface area contributed by atoms with Crippen molar-refractivity contribution in [2.75, 3.05) is 42.9 Å². The van der Waals surface area contributed by atoms with Crippen molar-refractivity contribution < 1.29 is 4.79 Å². The van der Waals surface area contributed by atoms with Crippen LogP contribution in [0.3, 0.4) is 0 Å². The molecule has 1 aromatic carbocycles. The predicted octanol–water partition coefficient (Wildman–Crippen LogP) is 3.25. The highest BCUT2D eigenvalue weighted by molar-refractivity contribution is 5.91. The third kappa shape index (κ3) is 4.47. The van der Waals surface area contributed by atoms with Gasteiger partial charge < -0.3 is 20.9 Å². The van der Waals surface area contributed by atoms with Gasteiger partial charge in [0.05, 0.1) is 0 Å². The molecule has 7 heteroatoms. The van der Waals surface area contributed by atoms with E-state index in [-0.39, 0.29) is 30.8 Å². The zero-order chi connectivity index (χ0) is 15.5. The third-order valence-electron chi connectivity index (χ3n) is 4.90. The smallest absolute Gasteiger partial charge is 0.321 e. The average Bonchev–Trinajstić information content (AvgIpc) is 3.20. The maximum Gasteiger partial charge on any atom is 0.321 e. The Morgan fingerprint density at radius 1 is 1.25 bits per heavy atom. The summed E-state index contributed by atoms with van der Waals surface area (Å²) >= 11 is 0. The molecule has 2 aliphatic rings. The number of nitrogens with zero attached hydrogens (tertiary/aromatic N) is 2. The van der Waals surface area contributed by atoms with Gasteiger partial charge in [-0.2, -0.15) is 0 Å². The van der Waals surface area contributed by atoms with Crippen LogP contribution in [-0.2, 0) is 0 Å². The molecule has 2 heterocycles. The summed E-state index contributed by atoms with van der Waals surface area (Å²) in [4.78, 5) is 16.7. The van der Waals surface area contributed by atoms with Crippen LogP contribution in [0.25, 0.3) is 0 Å². The lowest BCUT2D eigenvalue weighted by atomic mass is 10.1. The van der Waals surface area contributed by atoms with Gasteiger partial charge in [-0.25, -0.2) is 4.79 Å². The maximum atomic E-state index is 12.4. The summed E-state index contributed by atoms with van der Waals surface area (Å²) < 4.78 is 0. The zero-order valence-corrected chi connectivity index (χ0v) is 15.8. The van der Waals surface area contributed by atoms with Crippen LogP contribution in [0.4, 0.5) is 16.2 Å². The Morgan fingerprint density at radius 2 is 1.96 bits per heavy atom. The molecule has 2 saturated heterocycles. The first-order valence-electron chi connectivity index (χ1n) is 8.29. The lowest BCUT2D eigenvalue weighted by Gasteiger charge is -2.23. The Bertz CT molecular complexity index is 549. The van der Waals surface area contributed by atoms with E-state index in [1.807, 2.05) is 17.0 Å². The van der Waals surface area contributed by atoms with Gasteiger partial charge in [0.1, 0.15) is 0 Å². The van der Waals surface area contributed by atoms with E-state index in [0.717, 1.165) is 43.9 Å². The van der Waals surface area contributed by atoms with Gasteiger partial charge in [0, 0.05) is 37.6 Å². The number of halogens is 2. The molecule has 5 nitrogen and oxygen atoms in total. The molecule has 2 amide bonds. The molecule has 24 heavy (non-hydrogen) atoms. The molecule has 1 aromatic rings. The number of urea groups is 1. The molecule has 0 aliphatic carbocycles. The molecule has 136 valence electrons. The fraction of sp³-hybridized carbons (Fsp3) is 0.588. The number of nitrogens with one attached hydrogen (secondary N) is 1. The van der Waals surface area contributed by atoms with Crippen molar-refractivity contribution in [3.8, 4) is 0 Å². The van der Waals surface area contributed by atoms with E-state index in [4.69, 9.17) is 5.73 Å². The minimum Gasteiger partial charge on any atom is -0.371 e. The number of amides is 2. The maximum absolute atomic E-state index is 12.4. The summed E-state index contributed by atoms with van der Waals surface area (Å²) in [5.74, 6) is 0.447. The van der Waals surface area contributed by atoms with E-state index in [0.29, 0.717) is 12.5 Å². The number of hydrogen-bond donors (Lipinski definition) is 2. The molecule has 0 bridgehead atoms. The molecule has 0 spiro atoms. The van der Waals surface area contributed by atoms with Gasteiger partial charge in [-0.05, 0) is 56.3 Å². The minimum absolute atomic E-state index is 0. The van der Waals surface area contributed by atoms with Crippen LogP contribution in [0.2, 0.25) is 0 Å². The van der Waals surface area contributed by atoms with Gasteiger partial charge in [0.15, 0.2) is 0 Å². The predicted molar refractivity (Wildman–Crippen MR) is 105 cm³/mol. The summed E-state index contributed by atoms with van der Waals surface area (Å²) in [6.07, 6.45) is 3.52. The number of hydrogen-bond acceptors (Lipinski definition) is 3. The Labute approximate surface area is 156 Å². The van der Waals surface area contributed by atoms with Crippen LogP contribution in [0.1, 0.15) is 24.8 Å². The van der Waals surface area contributed by atoms with E-state index in [9.17, 15) is 4.79 Å². The van der Waals surface area contributed by atoms with Crippen LogP contribution < -0.4 is 16.0 Å². The van der Waals surface area contributed by atoms with Crippen LogP contribution in [-0.4, -0.2) is 43.7 Å². The minimum atomic E-state index is -0.00220.